The second-order valence-corrected chi connectivity index (χ2v) is 18.7. The molecule has 3 heterocycles. The number of methoxy groups -OCH3 is 1. The van der Waals surface area contributed by atoms with Gasteiger partial charge in [-0.05, 0) is 86.2 Å². The molecular weight excluding hydrogens is 807 g/mol. The summed E-state index contributed by atoms with van der Waals surface area (Å²) >= 11 is 0. The zero-order valence-electron chi connectivity index (χ0n) is 37.7. The summed E-state index contributed by atoms with van der Waals surface area (Å²) in [5.74, 6) is -8.94. The summed E-state index contributed by atoms with van der Waals surface area (Å²) < 4.78 is 30.8. The molecule has 2 fully saturated rings. The minimum Gasteiger partial charge on any atom is -0.497 e. The molecular formula is C54H53NO9. The third-order valence-corrected chi connectivity index (χ3v) is 13.5. The van der Waals surface area contributed by atoms with Crippen LogP contribution in [0.15, 0.2) is 133 Å². The lowest BCUT2D eigenvalue weighted by molar-refractivity contribution is -0.256. The highest BCUT2D eigenvalue weighted by Crippen LogP contribution is 2.71. The van der Waals surface area contributed by atoms with Gasteiger partial charge in [-0.2, -0.15) is 0 Å². The smallest absolute Gasteiger partial charge is 0.330 e. The fourth-order valence-electron chi connectivity index (χ4n) is 10.6. The zero-order valence-corrected chi connectivity index (χ0v) is 37.7. The van der Waals surface area contributed by atoms with Crippen LogP contribution in [0.3, 0.4) is 0 Å². The van der Waals surface area contributed by atoms with Crippen molar-refractivity contribution < 1.29 is 42.9 Å². The van der Waals surface area contributed by atoms with Crippen LogP contribution in [0.1, 0.15) is 102 Å². The first-order chi connectivity index (χ1) is 30.4. The Morgan fingerprint density at radius 1 is 0.484 bits per heavy atom. The molecule has 2 spiro atoms. The number of ether oxygens (including phenoxy) is 5. The number of cyclic esters (lactones) is 4. The number of esters is 4. The largest absolute Gasteiger partial charge is 0.497 e. The average molecular weight is 860 g/mol. The lowest BCUT2D eigenvalue weighted by Gasteiger charge is -2.61. The van der Waals surface area contributed by atoms with Gasteiger partial charge in [-0.15, -0.1) is 0 Å². The fraction of sp³-hybridized carbons (Fsp3) is 0.333. The zero-order chi connectivity index (χ0) is 45.5. The molecule has 3 aliphatic heterocycles. The highest BCUT2D eigenvalue weighted by atomic mass is 16.8. The first kappa shape index (κ1) is 42.6. The van der Waals surface area contributed by atoms with Gasteiger partial charge in [-0.3, -0.25) is 19.2 Å². The normalized spacial score (nSPS) is 24.0. The molecule has 5 aromatic rings. The van der Waals surface area contributed by atoms with Crippen LogP contribution in [0.5, 0.6) is 5.75 Å². The van der Waals surface area contributed by atoms with Gasteiger partial charge in [0.05, 0.1) is 13.2 Å². The monoisotopic (exact) mass is 859 g/mol. The standard InChI is InChI=1S/C54H53NO9/c1-31-10-18-35(19-11-31)41-30-42-43(44(36-20-12-32(2)13-21-36)53(41)47(56)61-51(5,6)62-48(53)57)45(37-22-14-33(3)15-23-37)54(49(58)63-52(7,8)64-50(54)59)46(38-24-16-34(4)17-25-38)55(42)39-26-28-40(60-9)29-27-39/h10-29,41,44-46H,30H2,1-9H3/t41-,44-,45-,46-/m0/s1. The summed E-state index contributed by atoms with van der Waals surface area (Å²) in [5, 5.41) is 0. The molecule has 1 aliphatic carbocycles. The second kappa shape index (κ2) is 15.2. The molecule has 2 saturated heterocycles. The van der Waals surface area contributed by atoms with Crippen LogP contribution in [0, 0.1) is 38.5 Å². The molecule has 64 heavy (non-hydrogen) atoms. The minimum atomic E-state index is -2.18. The average Bonchev–Trinajstić information content (AvgIpc) is 3.24. The van der Waals surface area contributed by atoms with Crippen molar-refractivity contribution in [3.05, 3.63) is 177 Å². The van der Waals surface area contributed by atoms with Gasteiger partial charge in [0.1, 0.15) is 5.75 Å². The van der Waals surface area contributed by atoms with Crippen molar-refractivity contribution in [2.24, 2.45) is 10.8 Å². The lowest BCUT2D eigenvalue weighted by Crippen LogP contribution is -2.67. The van der Waals surface area contributed by atoms with Crippen LogP contribution >= 0.6 is 0 Å². The fourth-order valence-corrected chi connectivity index (χ4v) is 10.6. The van der Waals surface area contributed by atoms with Gasteiger partial charge in [-0.25, -0.2) is 0 Å². The van der Waals surface area contributed by atoms with Crippen molar-refractivity contribution in [1.29, 1.82) is 0 Å². The van der Waals surface area contributed by atoms with E-state index in [2.05, 4.69) is 0 Å². The van der Waals surface area contributed by atoms with Gasteiger partial charge in [0.2, 0.25) is 0 Å². The molecule has 5 aromatic carbocycles. The quantitative estimate of drug-likeness (QED) is 0.121. The van der Waals surface area contributed by atoms with Crippen molar-refractivity contribution >= 4 is 29.6 Å². The molecule has 4 aliphatic rings. The number of carbonyl (C=O) groups excluding carboxylic acids is 4. The molecule has 4 atom stereocenters. The van der Waals surface area contributed by atoms with E-state index >= 15 is 19.2 Å². The van der Waals surface area contributed by atoms with Crippen molar-refractivity contribution in [1.82, 2.24) is 0 Å². The molecule has 9 rings (SSSR count). The maximum Gasteiger partial charge on any atom is 0.330 e. The lowest BCUT2D eigenvalue weighted by atomic mass is 9.48. The number of hydrogen-bond donors (Lipinski definition) is 0. The van der Waals surface area contributed by atoms with Crippen LogP contribution in [0.2, 0.25) is 0 Å². The van der Waals surface area contributed by atoms with E-state index in [4.69, 9.17) is 23.7 Å². The first-order valence-corrected chi connectivity index (χ1v) is 21.8. The summed E-state index contributed by atoms with van der Waals surface area (Å²) in [5.41, 5.74) is 4.02. The van der Waals surface area contributed by atoms with Gasteiger partial charge < -0.3 is 28.6 Å². The topological polar surface area (TPSA) is 118 Å². The van der Waals surface area contributed by atoms with Crippen molar-refractivity contribution in [3.8, 4) is 5.75 Å². The van der Waals surface area contributed by atoms with Crippen molar-refractivity contribution in [3.63, 3.8) is 0 Å². The Balaban J connectivity index is 1.51. The maximum atomic E-state index is 15.9. The Kier molecular flexibility index (Phi) is 10.2. The van der Waals surface area contributed by atoms with E-state index < -0.39 is 70.1 Å². The number of benzene rings is 5. The van der Waals surface area contributed by atoms with Crippen LogP contribution < -0.4 is 9.64 Å². The molecule has 0 N–H and O–H groups in total. The number of rotatable bonds is 6. The van der Waals surface area contributed by atoms with Crippen LogP contribution in [0.25, 0.3) is 0 Å². The molecule has 0 radical (unpaired) electrons. The molecule has 0 unspecified atom stereocenters. The van der Waals surface area contributed by atoms with Gasteiger partial charge in [-0.1, -0.05) is 119 Å². The highest BCUT2D eigenvalue weighted by Gasteiger charge is 2.75. The first-order valence-electron chi connectivity index (χ1n) is 21.8. The molecule has 0 bridgehead atoms. The van der Waals surface area contributed by atoms with Gasteiger partial charge in [0.15, 0.2) is 10.8 Å². The van der Waals surface area contributed by atoms with Crippen LogP contribution in [0.4, 0.5) is 5.69 Å². The van der Waals surface area contributed by atoms with Crippen LogP contribution in [-0.4, -0.2) is 42.6 Å². The van der Waals surface area contributed by atoms with E-state index in [0.717, 1.165) is 27.8 Å². The second-order valence-electron chi connectivity index (χ2n) is 18.7. The molecule has 0 aromatic heterocycles. The maximum absolute atomic E-state index is 15.9. The summed E-state index contributed by atoms with van der Waals surface area (Å²) in [6.07, 6.45) is 0.0911. The predicted octanol–water partition coefficient (Wildman–Crippen LogP) is 10.1. The summed E-state index contributed by atoms with van der Waals surface area (Å²) in [6, 6.07) is 37.4. The Bertz CT molecular complexity index is 2610. The van der Waals surface area contributed by atoms with Gasteiger partial charge in [0, 0.05) is 56.8 Å². The van der Waals surface area contributed by atoms with E-state index in [9.17, 15) is 0 Å². The number of hydrogen-bond acceptors (Lipinski definition) is 10. The van der Waals surface area contributed by atoms with Crippen LogP contribution in [-0.2, 0) is 38.1 Å². The van der Waals surface area contributed by atoms with Crippen molar-refractivity contribution in [2.75, 3.05) is 12.0 Å². The molecule has 10 heteroatoms. The Hall–Kier alpha value is -6.68. The number of aryl methyl sites for hydroxylation is 4. The third kappa shape index (κ3) is 6.60. The molecule has 0 saturated carbocycles. The Morgan fingerprint density at radius 3 is 1.25 bits per heavy atom. The molecule has 10 nitrogen and oxygen atoms in total. The van der Waals surface area contributed by atoms with Gasteiger partial charge in [0.25, 0.3) is 11.6 Å². The minimum absolute atomic E-state index is 0.0911. The Morgan fingerprint density at radius 2 is 0.844 bits per heavy atom. The number of carbonyl (C=O) groups is 4. The van der Waals surface area contributed by atoms with E-state index in [-0.39, 0.29) is 6.42 Å². The van der Waals surface area contributed by atoms with Crippen molar-refractivity contribution in [2.45, 2.75) is 97.2 Å². The summed E-state index contributed by atoms with van der Waals surface area (Å²) in [4.78, 5) is 65.0. The Labute approximate surface area is 374 Å². The molecule has 0 amide bonds. The van der Waals surface area contributed by atoms with E-state index in [0.29, 0.717) is 39.4 Å². The number of nitrogens with zero attached hydrogens (tertiary/aromatic N) is 1. The summed E-state index contributed by atoms with van der Waals surface area (Å²) in [7, 11) is 1.59. The number of anilines is 1. The number of allylic oxidation sites excluding steroid dienone is 2. The SMILES string of the molecule is COc1ccc(N2C3=C([C@H](c4ccc(C)cc4)C4(C(=O)OC(C)(C)OC4=O)[C@@H]2c2ccc(C)cc2)[C@H](c2ccc(C)cc2)C2(C(=O)OC(C)(C)OC2=O)[C@H](c2ccc(C)cc2)C3)cc1. The highest BCUT2D eigenvalue weighted by molar-refractivity contribution is 6.08. The van der Waals surface area contributed by atoms with E-state index in [1.807, 2.05) is 154 Å². The molecule has 328 valence electrons. The summed E-state index contributed by atoms with van der Waals surface area (Å²) in [6.45, 7) is 14.1. The van der Waals surface area contributed by atoms with E-state index in [1.165, 1.54) is 0 Å². The van der Waals surface area contributed by atoms with E-state index in [1.54, 1.807) is 34.8 Å². The predicted molar refractivity (Wildman–Crippen MR) is 240 cm³/mol. The third-order valence-electron chi connectivity index (χ3n) is 13.5. The van der Waals surface area contributed by atoms with Gasteiger partial charge >= 0.3 is 23.9 Å².